The van der Waals surface area contributed by atoms with E-state index in [9.17, 15) is 22.0 Å². The molecule has 1 unspecified atom stereocenters. The highest BCUT2D eigenvalue weighted by molar-refractivity contribution is 7.89. The Balaban J connectivity index is 1.59. The van der Waals surface area contributed by atoms with Gasteiger partial charge < -0.3 is 0 Å². The average Bonchev–Trinajstić information content (AvgIpc) is 2.89. The smallest absolute Gasteiger partial charge is 0.248 e. The zero-order valence-electron chi connectivity index (χ0n) is 11.0. The lowest BCUT2D eigenvalue weighted by molar-refractivity contribution is -0.122. The van der Waals surface area contributed by atoms with E-state index in [2.05, 4.69) is 4.98 Å². The van der Waals surface area contributed by atoms with Gasteiger partial charge in [-0.3, -0.25) is 14.5 Å². The number of halogens is 2. The molecule has 2 aliphatic carbocycles. The van der Waals surface area contributed by atoms with Gasteiger partial charge in [0.05, 0.1) is 5.69 Å². The summed E-state index contributed by atoms with van der Waals surface area (Å²) < 4.78 is 51.8. The summed E-state index contributed by atoms with van der Waals surface area (Å²) in [5.41, 5.74) is 0.320. The molecule has 1 amide bonds. The third kappa shape index (κ3) is 3.04. The molecular weight excluding hydrogens is 302 g/mol. The predicted molar refractivity (Wildman–Crippen MR) is 69.7 cm³/mol. The van der Waals surface area contributed by atoms with E-state index in [1.165, 1.54) is 12.3 Å². The number of sulfonamides is 1. The van der Waals surface area contributed by atoms with Gasteiger partial charge in [0.15, 0.2) is 0 Å². The number of nitrogens with one attached hydrogen (secondary N) is 1. The van der Waals surface area contributed by atoms with E-state index < -0.39 is 33.5 Å². The van der Waals surface area contributed by atoms with Gasteiger partial charge in [0, 0.05) is 25.0 Å². The lowest BCUT2D eigenvalue weighted by Crippen LogP contribution is -2.34. The van der Waals surface area contributed by atoms with Gasteiger partial charge in [0.25, 0.3) is 0 Å². The number of nitrogens with zero attached hydrogens (tertiary/aromatic N) is 1. The molecule has 0 saturated heterocycles. The Bertz CT molecular complexity index is 649. The van der Waals surface area contributed by atoms with Crippen molar-refractivity contribution in [1.29, 1.82) is 0 Å². The summed E-state index contributed by atoms with van der Waals surface area (Å²) >= 11 is 0. The number of carbonyl (C=O) groups excluding carboxylic acids is 1. The van der Waals surface area contributed by atoms with Crippen LogP contribution in [0.2, 0.25) is 0 Å². The molecule has 0 aromatic carbocycles. The minimum absolute atomic E-state index is 0.320. The number of aromatic nitrogens is 1. The van der Waals surface area contributed by atoms with Crippen molar-refractivity contribution in [3.63, 3.8) is 0 Å². The van der Waals surface area contributed by atoms with Crippen LogP contribution >= 0.6 is 0 Å². The average molecular weight is 316 g/mol. The summed E-state index contributed by atoms with van der Waals surface area (Å²) in [6, 6.07) is 4.84. The Morgan fingerprint density at radius 3 is 2.57 bits per heavy atom. The van der Waals surface area contributed by atoms with Gasteiger partial charge in [-0.15, -0.1) is 0 Å². The summed E-state index contributed by atoms with van der Waals surface area (Å²) in [7, 11) is -3.85. The molecule has 21 heavy (non-hydrogen) atoms. The number of hydrogen-bond donors (Lipinski definition) is 1. The van der Waals surface area contributed by atoms with Crippen molar-refractivity contribution in [3.8, 4) is 0 Å². The highest BCUT2D eigenvalue weighted by atomic mass is 32.2. The molecule has 0 radical (unpaired) electrons. The molecule has 0 bridgehead atoms. The fraction of sp³-hybridized carbons (Fsp3) is 0.538. The number of amides is 1. The molecule has 0 aliphatic heterocycles. The molecule has 1 N–H and O–H groups in total. The second-order valence-electron chi connectivity index (χ2n) is 5.66. The number of alkyl halides is 2. The lowest BCUT2D eigenvalue weighted by atomic mass is 10.1. The molecule has 1 aromatic rings. The number of fused-ring (bicyclic) bond motifs is 1. The summed E-state index contributed by atoms with van der Waals surface area (Å²) in [6.07, 6.45) is 0.812. The Morgan fingerprint density at radius 2 is 2.00 bits per heavy atom. The van der Waals surface area contributed by atoms with Crippen molar-refractivity contribution < 1.29 is 22.0 Å². The number of hydrogen-bond acceptors (Lipinski definition) is 4. The van der Waals surface area contributed by atoms with E-state index in [-0.39, 0.29) is 24.7 Å². The highest BCUT2D eigenvalue weighted by Gasteiger charge is 2.65. The number of pyridine rings is 1. The lowest BCUT2D eigenvalue weighted by Gasteiger charge is -2.13. The molecule has 114 valence electrons. The maximum Gasteiger partial charge on any atom is 0.248 e. The molecular formula is C13H14F2N2O3S. The summed E-state index contributed by atoms with van der Waals surface area (Å²) in [6.45, 7) is 0. The molecule has 1 heterocycles. The number of carbonyl (C=O) groups is 1. The van der Waals surface area contributed by atoms with Crippen LogP contribution in [0, 0.1) is 17.8 Å². The molecule has 8 heteroatoms. The van der Waals surface area contributed by atoms with E-state index in [0.717, 1.165) is 0 Å². The number of rotatable bonds is 4. The fourth-order valence-electron chi connectivity index (χ4n) is 3.10. The van der Waals surface area contributed by atoms with Gasteiger partial charge >= 0.3 is 0 Å². The Kier molecular flexibility index (Phi) is 3.23. The van der Waals surface area contributed by atoms with Crippen molar-refractivity contribution in [1.82, 2.24) is 9.71 Å². The summed E-state index contributed by atoms with van der Waals surface area (Å²) in [4.78, 5) is 15.8. The van der Waals surface area contributed by atoms with Crippen LogP contribution in [0.4, 0.5) is 8.78 Å². The third-order valence-electron chi connectivity index (χ3n) is 4.02. The standard InChI is InChI=1S/C13H14F2N2O3S/c14-13(15)5-9-10(6-13)11(9)12(18)17-21(19,20)7-8-3-1-2-4-16-8/h1-4,9-11H,5-7H2,(H,17,18)/t9-,10+,11?. The maximum atomic E-state index is 13.0. The molecule has 1 aromatic heterocycles. The molecule has 5 nitrogen and oxygen atoms in total. The molecule has 3 atom stereocenters. The Morgan fingerprint density at radius 1 is 1.33 bits per heavy atom. The van der Waals surface area contributed by atoms with Crippen LogP contribution in [0.3, 0.4) is 0 Å². The van der Waals surface area contributed by atoms with Crippen LogP contribution < -0.4 is 4.72 Å². The van der Waals surface area contributed by atoms with Crippen LogP contribution in [0.25, 0.3) is 0 Å². The summed E-state index contributed by atoms with van der Waals surface area (Å²) in [5, 5.41) is 0. The minimum atomic E-state index is -3.85. The van der Waals surface area contributed by atoms with Crippen molar-refractivity contribution >= 4 is 15.9 Å². The first-order valence-electron chi connectivity index (χ1n) is 6.59. The van der Waals surface area contributed by atoms with Gasteiger partial charge in [-0.25, -0.2) is 17.2 Å². The predicted octanol–water partition coefficient (Wildman–Crippen LogP) is 1.32. The minimum Gasteiger partial charge on any atom is -0.274 e. The highest BCUT2D eigenvalue weighted by Crippen LogP contribution is 2.62. The van der Waals surface area contributed by atoms with Crippen LogP contribution in [0.1, 0.15) is 18.5 Å². The molecule has 0 spiro atoms. The first kappa shape index (κ1) is 14.4. The summed E-state index contributed by atoms with van der Waals surface area (Å²) in [5.74, 6) is -5.15. The monoisotopic (exact) mass is 316 g/mol. The molecule has 2 aliphatic rings. The van der Waals surface area contributed by atoms with Crippen LogP contribution in [0.15, 0.2) is 24.4 Å². The maximum absolute atomic E-state index is 13.0. The van der Waals surface area contributed by atoms with E-state index in [1.54, 1.807) is 12.1 Å². The largest absolute Gasteiger partial charge is 0.274 e. The van der Waals surface area contributed by atoms with E-state index >= 15 is 0 Å². The van der Waals surface area contributed by atoms with Gasteiger partial charge in [-0.1, -0.05) is 6.07 Å². The van der Waals surface area contributed by atoms with Crippen LogP contribution in [-0.2, 0) is 20.6 Å². The Hall–Kier alpha value is -1.57. The zero-order chi connectivity index (χ0) is 15.3. The first-order valence-corrected chi connectivity index (χ1v) is 8.25. The fourth-order valence-corrected chi connectivity index (χ4v) is 4.17. The van der Waals surface area contributed by atoms with Gasteiger partial charge in [-0.2, -0.15) is 0 Å². The normalized spacial score (nSPS) is 29.7. The second-order valence-corrected chi connectivity index (χ2v) is 7.39. The van der Waals surface area contributed by atoms with Gasteiger partial charge in [-0.05, 0) is 24.0 Å². The molecule has 2 saturated carbocycles. The first-order chi connectivity index (χ1) is 9.77. The van der Waals surface area contributed by atoms with Crippen molar-refractivity contribution in [2.24, 2.45) is 17.8 Å². The molecule has 2 fully saturated rings. The SMILES string of the molecule is O=C(NS(=O)(=O)Cc1ccccn1)C1[C@H]2CC(F)(F)C[C@@H]12. The second kappa shape index (κ2) is 4.72. The van der Waals surface area contributed by atoms with Crippen LogP contribution in [-0.4, -0.2) is 25.2 Å². The van der Waals surface area contributed by atoms with Crippen molar-refractivity contribution in [2.45, 2.75) is 24.5 Å². The van der Waals surface area contributed by atoms with E-state index in [0.29, 0.717) is 5.69 Å². The third-order valence-corrected chi connectivity index (χ3v) is 5.21. The topological polar surface area (TPSA) is 76.1 Å². The quantitative estimate of drug-likeness (QED) is 0.909. The van der Waals surface area contributed by atoms with Crippen molar-refractivity contribution in [3.05, 3.63) is 30.1 Å². The Labute approximate surface area is 120 Å². The van der Waals surface area contributed by atoms with E-state index in [1.807, 2.05) is 4.72 Å². The van der Waals surface area contributed by atoms with Gasteiger partial charge in [0.1, 0.15) is 5.75 Å². The van der Waals surface area contributed by atoms with Gasteiger partial charge in [0.2, 0.25) is 21.9 Å². The zero-order valence-corrected chi connectivity index (χ0v) is 11.8. The van der Waals surface area contributed by atoms with Crippen molar-refractivity contribution in [2.75, 3.05) is 0 Å². The van der Waals surface area contributed by atoms with E-state index in [4.69, 9.17) is 0 Å². The van der Waals surface area contributed by atoms with Crippen LogP contribution in [0.5, 0.6) is 0 Å². The molecule has 3 rings (SSSR count).